The molecule has 98 valence electrons. The van der Waals surface area contributed by atoms with Crippen molar-refractivity contribution >= 4 is 11.5 Å². The molecule has 0 radical (unpaired) electrons. The first-order valence-electron chi connectivity index (χ1n) is 6.77. The molecular formula is C15H21NO2. The Balaban J connectivity index is 2.33. The summed E-state index contributed by atoms with van der Waals surface area (Å²) in [6.45, 7) is 2.98. The summed E-state index contributed by atoms with van der Waals surface area (Å²) in [6.07, 6.45) is 3.82. The normalized spacial score (nSPS) is 19.9. The molecule has 1 atom stereocenters. The summed E-state index contributed by atoms with van der Waals surface area (Å²) in [7, 11) is 0. The molecule has 0 saturated carbocycles. The number of hydrogen-bond acceptors (Lipinski definition) is 3. The van der Waals surface area contributed by atoms with Gasteiger partial charge in [-0.1, -0.05) is 19.1 Å². The highest BCUT2D eigenvalue weighted by atomic mass is 16.3. The number of carbonyl (C=O) groups excluding carboxylic acids is 1. The maximum absolute atomic E-state index is 12.0. The number of rotatable bonds is 4. The van der Waals surface area contributed by atoms with Gasteiger partial charge in [0.25, 0.3) is 0 Å². The van der Waals surface area contributed by atoms with Crippen molar-refractivity contribution in [3.05, 3.63) is 29.8 Å². The first-order valence-corrected chi connectivity index (χ1v) is 6.77. The highest BCUT2D eigenvalue weighted by Crippen LogP contribution is 2.28. The van der Waals surface area contributed by atoms with Crippen LogP contribution in [0, 0.1) is 0 Å². The van der Waals surface area contributed by atoms with Gasteiger partial charge in [0.2, 0.25) is 0 Å². The lowest BCUT2D eigenvalue weighted by atomic mass is 9.98. The fourth-order valence-electron chi connectivity index (χ4n) is 2.66. The Hall–Kier alpha value is -1.35. The quantitative estimate of drug-likeness (QED) is 0.831. The van der Waals surface area contributed by atoms with Crippen molar-refractivity contribution < 1.29 is 9.90 Å². The third-order valence-electron chi connectivity index (χ3n) is 3.67. The van der Waals surface area contributed by atoms with Crippen LogP contribution in [-0.4, -0.2) is 30.1 Å². The van der Waals surface area contributed by atoms with E-state index in [2.05, 4.69) is 4.90 Å². The van der Waals surface area contributed by atoms with Crippen LogP contribution in [0.15, 0.2) is 24.3 Å². The summed E-state index contributed by atoms with van der Waals surface area (Å²) in [6, 6.07) is 7.92. The maximum atomic E-state index is 12.0. The molecule has 1 saturated heterocycles. The smallest absolute Gasteiger partial charge is 0.164 e. The van der Waals surface area contributed by atoms with Crippen LogP contribution in [0.3, 0.4) is 0 Å². The predicted molar refractivity (Wildman–Crippen MR) is 73.1 cm³/mol. The Morgan fingerprint density at radius 1 is 1.39 bits per heavy atom. The largest absolute Gasteiger partial charge is 0.394 e. The molecule has 1 N–H and O–H groups in total. The Morgan fingerprint density at radius 3 is 2.89 bits per heavy atom. The van der Waals surface area contributed by atoms with Crippen molar-refractivity contribution in [2.45, 2.75) is 38.6 Å². The van der Waals surface area contributed by atoms with Crippen molar-refractivity contribution in [1.29, 1.82) is 0 Å². The molecule has 1 aliphatic rings. The fourth-order valence-corrected chi connectivity index (χ4v) is 2.66. The van der Waals surface area contributed by atoms with E-state index >= 15 is 0 Å². The third kappa shape index (κ3) is 2.56. The number of anilines is 1. The van der Waals surface area contributed by atoms with Crippen molar-refractivity contribution in [3.8, 4) is 0 Å². The van der Waals surface area contributed by atoms with E-state index in [1.807, 2.05) is 31.2 Å². The summed E-state index contributed by atoms with van der Waals surface area (Å²) >= 11 is 0. The molecule has 3 nitrogen and oxygen atoms in total. The second kappa shape index (κ2) is 6.01. The van der Waals surface area contributed by atoms with Crippen LogP contribution in [0.1, 0.15) is 43.0 Å². The van der Waals surface area contributed by atoms with Crippen LogP contribution in [0.4, 0.5) is 5.69 Å². The fraction of sp³-hybridized carbons (Fsp3) is 0.533. The monoisotopic (exact) mass is 247 g/mol. The number of Topliss-reactive ketones (excluding diaryl/α,β-unsaturated/α-hetero) is 1. The second-order valence-electron chi connectivity index (χ2n) is 4.82. The molecule has 1 unspecified atom stereocenters. The number of aliphatic hydroxyl groups excluding tert-OH is 1. The summed E-state index contributed by atoms with van der Waals surface area (Å²) in [4.78, 5) is 14.2. The van der Waals surface area contributed by atoms with Gasteiger partial charge in [-0.25, -0.2) is 0 Å². The van der Waals surface area contributed by atoms with Crippen molar-refractivity contribution in [2.75, 3.05) is 18.1 Å². The van der Waals surface area contributed by atoms with Crippen LogP contribution >= 0.6 is 0 Å². The summed E-state index contributed by atoms with van der Waals surface area (Å²) in [5.41, 5.74) is 1.78. The Bertz CT molecular complexity index is 417. The predicted octanol–water partition coefficient (Wildman–Crippen LogP) is 2.63. The first-order chi connectivity index (χ1) is 8.77. The number of piperidine rings is 1. The van der Waals surface area contributed by atoms with E-state index in [1.54, 1.807) is 0 Å². The number of benzene rings is 1. The zero-order valence-electron chi connectivity index (χ0n) is 10.9. The second-order valence-corrected chi connectivity index (χ2v) is 4.82. The molecule has 18 heavy (non-hydrogen) atoms. The van der Waals surface area contributed by atoms with Gasteiger partial charge >= 0.3 is 0 Å². The van der Waals surface area contributed by atoms with Gasteiger partial charge in [0.1, 0.15) is 0 Å². The zero-order chi connectivity index (χ0) is 13.0. The van der Waals surface area contributed by atoms with Gasteiger partial charge in [-0.2, -0.15) is 0 Å². The van der Waals surface area contributed by atoms with E-state index in [0.717, 1.165) is 37.1 Å². The topological polar surface area (TPSA) is 40.5 Å². The highest BCUT2D eigenvalue weighted by Gasteiger charge is 2.24. The van der Waals surface area contributed by atoms with Gasteiger partial charge in [-0.05, 0) is 31.4 Å². The molecule has 1 aromatic rings. The van der Waals surface area contributed by atoms with Gasteiger partial charge in [0.05, 0.1) is 12.6 Å². The number of hydrogen-bond donors (Lipinski definition) is 1. The number of para-hydroxylation sites is 1. The third-order valence-corrected chi connectivity index (χ3v) is 3.67. The van der Waals surface area contributed by atoms with E-state index < -0.39 is 0 Å². The lowest BCUT2D eigenvalue weighted by Crippen LogP contribution is -2.42. The van der Waals surface area contributed by atoms with Crippen LogP contribution in [0.5, 0.6) is 0 Å². The molecule has 0 amide bonds. The Morgan fingerprint density at radius 2 is 2.17 bits per heavy atom. The number of ketones is 1. The number of aliphatic hydroxyl groups is 1. The molecule has 0 aromatic heterocycles. The van der Waals surface area contributed by atoms with E-state index in [1.165, 1.54) is 0 Å². The van der Waals surface area contributed by atoms with E-state index in [4.69, 9.17) is 0 Å². The van der Waals surface area contributed by atoms with Crippen LogP contribution < -0.4 is 4.90 Å². The molecule has 2 rings (SSSR count). The molecule has 0 spiro atoms. The minimum absolute atomic E-state index is 0.157. The maximum Gasteiger partial charge on any atom is 0.164 e. The van der Waals surface area contributed by atoms with Crippen molar-refractivity contribution in [2.24, 2.45) is 0 Å². The zero-order valence-corrected chi connectivity index (χ0v) is 10.9. The van der Waals surface area contributed by atoms with Crippen molar-refractivity contribution in [1.82, 2.24) is 0 Å². The number of nitrogens with zero attached hydrogens (tertiary/aromatic N) is 1. The van der Waals surface area contributed by atoms with Crippen LogP contribution in [0.2, 0.25) is 0 Å². The lowest BCUT2D eigenvalue weighted by Gasteiger charge is -2.37. The molecule has 0 bridgehead atoms. The Labute approximate surface area is 108 Å². The van der Waals surface area contributed by atoms with Crippen molar-refractivity contribution in [3.63, 3.8) is 0 Å². The minimum Gasteiger partial charge on any atom is -0.394 e. The van der Waals surface area contributed by atoms with Gasteiger partial charge in [-0.15, -0.1) is 0 Å². The summed E-state index contributed by atoms with van der Waals surface area (Å²) in [5.74, 6) is 0.174. The average molecular weight is 247 g/mol. The molecule has 1 aliphatic heterocycles. The van der Waals surface area contributed by atoms with Gasteiger partial charge in [0, 0.05) is 24.2 Å². The molecule has 1 fully saturated rings. The van der Waals surface area contributed by atoms with Gasteiger partial charge in [0.15, 0.2) is 5.78 Å². The highest BCUT2D eigenvalue weighted by molar-refractivity contribution is 6.01. The van der Waals surface area contributed by atoms with E-state index in [-0.39, 0.29) is 18.4 Å². The SMILES string of the molecule is CCC(=O)c1ccccc1N1CCCCC1CO. The lowest BCUT2D eigenvalue weighted by molar-refractivity contribution is 0.0988. The van der Waals surface area contributed by atoms with E-state index in [9.17, 15) is 9.90 Å². The minimum atomic E-state index is 0.157. The standard InChI is InChI=1S/C15H21NO2/c1-2-15(18)13-8-3-4-9-14(13)16-10-6-5-7-12(16)11-17/h3-4,8-9,12,17H,2,5-7,10-11H2,1H3. The average Bonchev–Trinajstić information content (AvgIpc) is 2.46. The molecular weight excluding hydrogens is 226 g/mol. The van der Waals surface area contributed by atoms with Crippen LogP contribution in [0.25, 0.3) is 0 Å². The Kier molecular flexibility index (Phi) is 4.37. The van der Waals surface area contributed by atoms with Gasteiger partial charge in [-0.3, -0.25) is 4.79 Å². The first kappa shape index (κ1) is 13.1. The van der Waals surface area contributed by atoms with Gasteiger partial charge < -0.3 is 10.0 Å². The summed E-state index contributed by atoms with van der Waals surface area (Å²) < 4.78 is 0. The number of carbonyl (C=O) groups is 1. The van der Waals surface area contributed by atoms with E-state index in [0.29, 0.717) is 6.42 Å². The molecule has 1 heterocycles. The molecule has 0 aliphatic carbocycles. The molecule has 1 aromatic carbocycles. The van der Waals surface area contributed by atoms with Crippen LogP contribution in [-0.2, 0) is 0 Å². The molecule has 3 heteroatoms. The summed E-state index contributed by atoms with van der Waals surface area (Å²) in [5, 5.41) is 9.48.